The number of thiol groups is 1. The van der Waals surface area contributed by atoms with E-state index in [9.17, 15) is 14.9 Å². The number of carboxylic acid groups (broad SMARTS) is 1. The van der Waals surface area contributed by atoms with E-state index in [0.717, 1.165) is 11.1 Å². The topological polar surface area (TPSA) is 142 Å². The lowest BCUT2D eigenvalue weighted by atomic mass is 10.1. The summed E-state index contributed by atoms with van der Waals surface area (Å²) in [5, 5.41) is 18.2. The molecule has 0 heterocycles. The molecule has 0 aliphatic heterocycles. The Balaban J connectivity index is 0.000000466. The minimum atomic E-state index is -0.975. The molecule has 152 valence electrons. The molecule has 11 heteroatoms. The van der Waals surface area contributed by atoms with E-state index in [1.165, 1.54) is 18.2 Å². The van der Waals surface area contributed by atoms with Gasteiger partial charge in [-0.15, -0.1) is 22.7 Å². The van der Waals surface area contributed by atoms with Gasteiger partial charge in [-0.25, -0.2) is 4.79 Å². The molecule has 0 bridgehead atoms. The smallest absolute Gasteiger partial charge is 0.335 e. The van der Waals surface area contributed by atoms with E-state index in [1.807, 2.05) is 12.1 Å². The number of hydrogen-bond donors (Lipinski definition) is 3. The van der Waals surface area contributed by atoms with E-state index < -0.39 is 11.1 Å². The number of aromatic carboxylic acids is 1. The lowest BCUT2D eigenvalue weighted by Crippen LogP contribution is -2.03. The number of halogens is 1. The van der Waals surface area contributed by atoms with Crippen molar-refractivity contribution in [3.63, 3.8) is 0 Å². The first-order chi connectivity index (χ1) is 13.3. The zero-order valence-corrected chi connectivity index (χ0v) is 16.4. The van der Waals surface area contributed by atoms with Crippen LogP contribution in [0.25, 0.3) is 0 Å². The van der Waals surface area contributed by atoms with Crippen molar-refractivity contribution in [3.8, 4) is 0 Å². The normalized spacial score (nSPS) is 9.11. The molecule has 2 rings (SSSR count). The molecule has 0 aliphatic carbocycles. The number of benzene rings is 2. The maximum Gasteiger partial charge on any atom is 0.335 e. The highest BCUT2D eigenvalue weighted by atomic mass is 35.5. The van der Waals surface area contributed by atoms with Crippen molar-refractivity contribution in [1.29, 1.82) is 0 Å². The maximum absolute atomic E-state index is 10.4. The maximum atomic E-state index is 10.4. The van der Waals surface area contributed by atoms with E-state index in [4.69, 9.17) is 26.2 Å². The molecule has 0 spiro atoms. The van der Waals surface area contributed by atoms with Crippen molar-refractivity contribution >= 4 is 36.6 Å². The van der Waals surface area contributed by atoms with E-state index in [-0.39, 0.29) is 18.6 Å². The Morgan fingerprint density at radius 2 is 1.82 bits per heavy atom. The minimum absolute atomic E-state index is 0.0352. The number of carbonyl (C=O) groups excluding carboxylic acids is 1. The third kappa shape index (κ3) is 10.4. The molecule has 0 saturated heterocycles. The summed E-state index contributed by atoms with van der Waals surface area (Å²) in [6.07, 6.45) is 0.250. The molecule has 0 aromatic heterocycles. The fourth-order valence-corrected chi connectivity index (χ4v) is 2.09. The third-order valence-electron chi connectivity index (χ3n) is 2.94. The van der Waals surface area contributed by atoms with Crippen molar-refractivity contribution in [3.05, 3.63) is 74.3 Å². The summed E-state index contributed by atoms with van der Waals surface area (Å²) in [6, 6.07) is 11.6. The quantitative estimate of drug-likeness (QED) is 0.276. The zero-order chi connectivity index (χ0) is 21.5. The summed E-state index contributed by atoms with van der Waals surface area (Å²) >= 11 is 9.58. The fraction of sp³-hybridized carbons (Fsp3) is 0.176. The highest BCUT2D eigenvalue weighted by Crippen LogP contribution is 2.20. The Hall–Kier alpha value is -2.82. The van der Waals surface area contributed by atoms with Crippen LogP contribution in [-0.4, -0.2) is 29.7 Å². The number of primary amides is 1. The van der Waals surface area contributed by atoms with Crippen LogP contribution in [0.2, 0.25) is 5.02 Å². The molecule has 1 amide bonds. The van der Waals surface area contributed by atoms with Crippen LogP contribution >= 0.6 is 24.2 Å². The molecule has 0 aliphatic rings. The molecular weight excluding hydrogens is 412 g/mol. The predicted octanol–water partition coefficient (Wildman–Crippen LogP) is 2.97. The number of hydrogen-bond acceptors (Lipinski definition) is 7. The van der Waals surface area contributed by atoms with Gasteiger partial charge in [0.2, 0.25) is 6.41 Å². The van der Waals surface area contributed by atoms with Crippen LogP contribution in [0.5, 0.6) is 0 Å². The number of nitrogens with zero attached hydrogens (tertiary/aromatic N) is 1. The van der Waals surface area contributed by atoms with Crippen molar-refractivity contribution < 1.29 is 29.4 Å². The molecule has 2 aromatic carbocycles. The van der Waals surface area contributed by atoms with Crippen molar-refractivity contribution in [2.24, 2.45) is 5.73 Å². The van der Waals surface area contributed by atoms with Gasteiger partial charge < -0.3 is 20.4 Å². The summed E-state index contributed by atoms with van der Waals surface area (Å²) in [5.41, 5.74) is 6.03. The lowest BCUT2D eigenvalue weighted by molar-refractivity contribution is -0.763. The van der Waals surface area contributed by atoms with Gasteiger partial charge in [0.25, 0.3) is 5.09 Å². The summed E-state index contributed by atoms with van der Waals surface area (Å²) in [6.45, 7) is 0.393. The fourth-order valence-electron chi connectivity index (χ4n) is 1.76. The average Bonchev–Trinajstić information content (AvgIpc) is 2.64. The van der Waals surface area contributed by atoms with Gasteiger partial charge in [0.05, 0.1) is 17.2 Å². The average molecular weight is 431 g/mol. The van der Waals surface area contributed by atoms with Gasteiger partial charge in [-0.3, -0.25) is 4.79 Å². The lowest BCUT2D eigenvalue weighted by Gasteiger charge is -2.06. The summed E-state index contributed by atoms with van der Waals surface area (Å²) in [5.74, 6) is -0.975. The summed E-state index contributed by atoms with van der Waals surface area (Å²) < 4.78 is 4.95. The Bertz CT molecular complexity index is 790. The predicted molar refractivity (Wildman–Crippen MR) is 105 cm³/mol. The van der Waals surface area contributed by atoms with Gasteiger partial charge >= 0.3 is 5.97 Å². The monoisotopic (exact) mass is 430 g/mol. The number of carbonyl (C=O) groups is 2. The van der Waals surface area contributed by atoms with Crippen LogP contribution in [0.15, 0.2) is 47.4 Å². The number of ether oxygens (including phenoxy) is 1. The Kier molecular flexibility index (Phi) is 12.8. The second kappa shape index (κ2) is 14.3. The van der Waals surface area contributed by atoms with Gasteiger partial charge in [-0.05, 0) is 29.3 Å². The van der Waals surface area contributed by atoms with Crippen LogP contribution in [0.1, 0.15) is 21.5 Å². The second-order valence-corrected chi connectivity index (χ2v) is 5.70. The van der Waals surface area contributed by atoms with Gasteiger partial charge in [0.15, 0.2) is 0 Å². The molecule has 0 unspecified atom stereocenters. The van der Waals surface area contributed by atoms with Crippen molar-refractivity contribution in [2.45, 2.75) is 18.1 Å². The number of nitrogens with two attached hydrogens (primary N) is 1. The van der Waals surface area contributed by atoms with Crippen LogP contribution < -0.4 is 5.73 Å². The summed E-state index contributed by atoms with van der Waals surface area (Å²) in [4.78, 5) is 33.7. The highest BCUT2D eigenvalue weighted by molar-refractivity contribution is 7.80. The molecule has 2 aromatic rings. The van der Waals surface area contributed by atoms with Gasteiger partial charge in [0.1, 0.15) is 6.61 Å². The molecule has 0 radical (unpaired) electrons. The van der Waals surface area contributed by atoms with E-state index in [2.05, 4.69) is 23.2 Å². The molecule has 0 fully saturated rings. The highest BCUT2D eigenvalue weighted by Gasteiger charge is 2.04. The van der Waals surface area contributed by atoms with Crippen molar-refractivity contribution in [1.82, 2.24) is 0 Å². The van der Waals surface area contributed by atoms with Gasteiger partial charge in [-0.1, -0.05) is 35.9 Å². The van der Waals surface area contributed by atoms with Crippen LogP contribution in [0.3, 0.4) is 0 Å². The Morgan fingerprint density at radius 1 is 1.29 bits per heavy atom. The van der Waals surface area contributed by atoms with E-state index >= 15 is 0 Å². The SMILES string of the molecule is COCc1ccccc1CO[N+](=O)[O-].NC=O.O=C(O)c1ccc(Cl)c(S)c1. The number of rotatable bonds is 6. The number of carboxylic acids is 1. The van der Waals surface area contributed by atoms with Crippen molar-refractivity contribution in [2.75, 3.05) is 7.11 Å². The Morgan fingerprint density at radius 3 is 2.25 bits per heavy atom. The third-order valence-corrected chi connectivity index (χ3v) is 3.77. The number of amides is 1. The van der Waals surface area contributed by atoms with E-state index in [1.54, 1.807) is 19.2 Å². The first-order valence-electron chi connectivity index (χ1n) is 7.47. The first kappa shape index (κ1) is 25.2. The standard InChI is InChI=1S/C9H11NO4.C7H5ClO2S.CH3NO/c1-13-6-8-4-2-3-5-9(8)7-14-10(11)12;8-5-2-1-4(7(9)10)3-6(5)11;2-1-3/h2-5H,6-7H2,1H3;1-3,11H,(H,9,10);1H,(H2,2,3). The van der Waals surface area contributed by atoms with Crippen LogP contribution in [-0.2, 0) is 27.6 Å². The largest absolute Gasteiger partial charge is 0.478 e. The molecule has 9 nitrogen and oxygen atoms in total. The van der Waals surface area contributed by atoms with Gasteiger partial charge in [-0.2, -0.15) is 0 Å². The molecule has 0 saturated carbocycles. The minimum Gasteiger partial charge on any atom is -0.478 e. The Labute approximate surface area is 171 Å². The summed E-state index contributed by atoms with van der Waals surface area (Å²) in [7, 11) is 1.57. The molecule has 0 atom stereocenters. The molecule has 28 heavy (non-hydrogen) atoms. The van der Waals surface area contributed by atoms with Gasteiger partial charge in [0, 0.05) is 12.0 Å². The second-order valence-electron chi connectivity index (χ2n) is 4.81. The van der Waals surface area contributed by atoms with E-state index in [0.29, 0.717) is 16.5 Å². The molecular formula is C17H19ClN2O7S. The molecule has 3 N–H and O–H groups in total. The number of methoxy groups -OCH3 is 1. The van der Waals surface area contributed by atoms with Crippen LogP contribution in [0, 0.1) is 10.1 Å². The van der Waals surface area contributed by atoms with Crippen LogP contribution in [0.4, 0.5) is 0 Å². The zero-order valence-electron chi connectivity index (χ0n) is 14.8. The first-order valence-corrected chi connectivity index (χ1v) is 8.29.